The van der Waals surface area contributed by atoms with E-state index in [1.165, 1.54) is 0 Å². The van der Waals surface area contributed by atoms with Crippen molar-refractivity contribution >= 4 is 50.0 Å². The Morgan fingerprint density at radius 2 is 2.14 bits per heavy atom. The van der Waals surface area contributed by atoms with E-state index in [2.05, 4.69) is 22.6 Å². The Labute approximate surface area is 97.1 Å². The maximum Gasteiger partial charge on any atom is 0.349 e. The SMILES string of the molecule is O=C(O)c1sc2cccc(I)c2c1O. The number of carbonyl (C=O) groups is 1. The number of aromatic hydroxyl groups is 1. The van der Waals surface area contributed by atoms with Crippen molar-refractivity contribution in [3.63, 3.8) is 0 Å². The third-order valence-electron chi connectivity index (χ3n) is 1.83. The molecule has 0 aliphatic carbocycles. The molecule has 0 fully saturated rings. The molecule has 2 aromatic rings. The number of fused-ring (bicyclic) bond motifs is 1. The van der Waals surface area contributed by atoms with Gasteiger partial charge in [0.2, 0.25) is 0 Å². The third-order valence-corrected chi connectivity index (χ3v) is 3.86. The van der Waals surface area contributed by atoms with Crippen LogP contribution in [0.25, 0.3) is 10.1 Å². The summed E-state index contributed by atoms with van der Waals surface area (Å²) >= 11 is 3.17. The standard InChI is InChI=1S/C9H5IO3S/c10-4-2-1-3-5-6(4)7(11)8(14-5)9(12)13/h1-3,11H,(H,12,13). The lowest BCUT2D eigenvalue weighted by Gasteiger charge is -1.93. The molecule has 2 N–H and O–H groups in total. The number of rotatable bonds is 1. The minimum Gasteiger partial charge on any atom is -0.505 e. The molecule has 5 heteroatoms. The second kappa shape index (κ2) is 3.39. The highest BCUT2D eigenvalue weighted by atomic mass is 127. The van der Waals surface area contributed by atoms with Crippen LogP contribution < -0.4 is 0 Å². The monoisotopic (exact) mass is 320 g/mol. The second-order valence-corrected chi connectivity index (χ2v) is 4.91. The molecule has 72 valence electrons. The summed E-state index contributed by atoms with van der Waals surface area (Å²) in [5.74, 6) is -1.21. The van der Waals surface area contributed by atoms with Crippen molar-refractivity contribution in [3.8, 4) is 5.75 Å². The van der Waals surface area contributed by atoms with Gasteiger partial charge in [-0.1, -0.05) is 6.07 Å². The van der Waals surface area contributed by atoms with Crippen LogP contribution in [0.4, 0.5) is 0 Å². The lowest BCUT2D eigenvalue weighted by atomic mass is 10.2. The predicted molar refractivity (Wildman–Crippen MR) is 63.2 cm³/mol. The summed E-state index contributed by atoms with van der Waals surface area (Å²) in [5, 5.41) is 19.1. The molecule has 1 aromatic heterocycles. The number of carboxylic acids is 1. The van der Waals surface area contributed by atoms with E-state index in [-0.39, 0.29) is 10.6 Å². The Morgan fingerprint density at radius 3 is 2.71 bits per heavy atom. The smallest absolute Gasteiger partial charge is 0.349 e. The van der Waals surface area contributed by atoms with E-state index in [0.29, 0.717) is 5.39 Å². The van der Waals surface area contributed by atoms with Gasteiger partial charge in [-0.05, 0) is 34.7 Å². The van der Waals surface area contributed by atoms with Crippen LogP contribution in [0.15, 0.2) is 18.2 Å². The molecular weight excluding hydrogens is 315 g/mol. The van der Waals surface area contributed by atoms with E-state index in [1.807, 2.05) is 12.1 Å². The van der Waals surface area contributed by atoms with Gasteiger partial charge in [-0.3, -0.25) is 0 Å². The van der Waals surface area contributed by atoms with Crippen molar-refractivity contribution in [2.24, 2.45) is 0 Å². The summed E-state index contributed by atoms with van der Waals surface area (Å²) in [6, 6.07) is 5.47. The van der Waals surface area contributed by atoms with Crippen molar-refractivity contribution in [1.29, 1.82) is 0 Å². The predicted octanol–water partition coefficient (Wildman–Crippen LogP) is 2.91. The van der Waals surface area contributed by atoms with Gasteiger partial charge in [-0.2, -0.15) is 0 Å². The molecule has 0 spiro atoms. The van der Waals surface area contributed by atoms with Crippen molar-refractivity contribution in [2.45, 2.75) is 0 Å². The largest absolute Gasteiger partial charge is 0.505 e. The Bertz CT molecular complexity index is 518. The van der Waals surface area contributed by atoms with Crippen LogP contribution in [0.1, 0.15) is 9.67 Å². The van der Waals surface area contributed by atoms with Crippen molar-refractivity contribution < 1.29 is 15.0 Å². The molecule has 0 amide bonds. The molecule has 2 rings (SSSR count). The second-order valence-electron chi connectivity index (χ2n) is 2.70. The number of hydrogen-bond donors (Lipinski definition) is 2. The van der Waals surface area contributed by atoms with E-state index in [1.54, 1.807) is 6.07 Å². The third kappa shape index (κ3) is 1.36. The van der Waals surface area contributed by atoms with Gasteiger partial charge in [0.15, 0.2) is 4.88 Å². The normalized spacial score (nSPS) is 10.6. The number of thiophene rings is 1. The summed E-state index contributed by atoms with van der Waals surface area (Å²) < 4.78 is 1.66. The van der Waals surface area contributed by atoms with Crippen molar-refractivity contribution in [3.05, 3.63) is 26.6 Å². The molecule has 0 bridgehead atoms. The molecule has 3 nitrogen and oxygen atoms in total. The van der Waals surface area contributed by atoms with Crippen LogP contribution >= 0.6 is 33.9 Å². The number of aromatic carboxylic acids is 1. The molecule has 0 saturated heterocycles. The fourth-order valence-corrected chi connectivity index (χ4v) is 3.13. The molecular formula is C9H5IO3S. The molecule has 0 atom stereocenters. The molecule has 14 heavy (non-hydrogen) atoms. The molecule has 0 saturated carbocycles. The van der Waals surface area contributed by atoms with Crippen LogP contribution in [-0.4, -0.2) is 16.2 Å². The highest BCUT2D eigenvalue weighted by molar-refractivity contribution is 14.1. The van der Waals surface area contributed by atoms with Gasteiger partial charge in [0, 0.05) is 13.7 Å². The topological polar surface area (TPSA) is 57.5 Å². The van der Waals surface area contributed by atoms with Gasteiger partial charge >= 0.3 is 5.97 Å². The Hall–Kier alpha value is -0.820. The zero-order chi connectivity index (χ0) is 10.3. The summed E-state index contributed by atoms with van der Waals surface area (Å²) in [4.78, 5) is 10.8. The van der Waals surface area contributed by atoms with Gasteiger partial charge in [-0.25, -0.2) is 4.79 Å². The van der Waals surface area contributed by atoms with E-state index in [9.17, 15) is 9.90 Å². The average molecular weight is 320 g/mol. The first-order valence-electron chi connectivity index (χ1n) is 3.74. The quantitative estimate of drug-likeness (QED) is 0.795. The van der Waals surface area contributed by atoms with Gasteiger partial charge in [0.1, 0.15) is 5.75 Å². The molecule has 0 aliphatic rings. The first-order valence-corrected chi connectivity index (χ1v) is 5.64. The Morgan fingerprint density at radius 1 is 1.43 bits per heavy atom. The van der Waals surface area contributed by atoms with Crippen LogP contribution in [0.3, 0.4) is 0 Å². The highest BCUT2D eigenvalue weighted by Gasteiger charge is 2.18. The molecule has 1 heterocycles. The van der Waals surface area contributed by atoms with Gasteiger partial charge in [0.05, 0.1) is 0 Å². The maximum atomic E-state index is 10.8. The summed E-state index contributed by atoms with van der Waals surface area (Å²) in [5.41, 5.74) is 0. The summed E-state index contributed by atoms with van der Waals surface area (Å²) in [6.45, 7) is 0. The first kappa shape index (κ1) is 9.72. The Balaban J connectivity index is 2.87. The maximum absolute atomic E-state index is 10.8. The number of benzene rings is 1. The molecule has 1 aromatic carbocycles. The van der Waals surface area contributed by atoms with Gasteiger partial charge in [0.25, 0.3) is 0 Å². The number of hydrogen-bond acceptors (Lipinski definition) is 3. The van der Waals surface area contributed by atoms with Crippen LogP contribution in [0.5, 0.6) is 5.75 Å². The Kier molecular flexibility index (Phi) is 2.36. The number of carboxylic acid groups (broad SMARTS) is 1. The fraction of sp³-hybridized carbons (Fsp3) is 0. The van der Waals surface area contributed by atoms with E-state index < -0.39 is 5.97 Å². The zero-order valence-electron chi connectivity index (χ0n) is 6.82. The van der Waals surface area contributed by atoms with E-state index in [0.717, 1.165) is 19.6 Å². The van der Waals surface area contributed by atoms with Gasteiger partial charge < -0.3 is 10.2 Å². The first-order chi connectivity index (χ1) is 6.61. The lowest BCUT2D eigenvalue weighted by molar-refractivity contribution is 0.0699. The van der Waals surface area contributed by atoms with Crippen molar-refractivity contribution in [2.75, 3.05) is 0 Å². The lowest BCUT2D eigenvalue weighted by Crippen LogP contribution is -1.91. The van der Waals surface area contributed by atoms with Crippen LogP contribution in [-0.2, 0) is 0 Å². The summed E-state index contributed by atoms with van der Waals surface area (Å²) in [7, 11) is 0. The minimum absolute atomic E-state index is 0.00381. The van der Waals surface area contributed by atoms with Gasteiger partial charge in [-0.15, -0.1) is 11.3 Å². The van der Waals surface area contributed by atoms with Crippen molar-refractivity contribution in [1.82, 2.24) is 0 Å². The van der Waals surface area contributed by atoms with Crippen LogP contribution in [0.2, 0.25) is 0 Å². The van der Waals surface area contributed by atoms with Crippen LogP contribution in [0, 0.1) is 3.57 Å². The molecule has 0 aliphatic heterocycles. The zero-order valence-corrected chi connectivity index (χ0v) is 9.79. The highest BCUT2D eigenvalue weighted by Crippen LogP contribution is 2.39. The minimum atomic E-state index is -1.08. The summed E-state index contributed by atoms with van der Waals surface area (Å²) in [6.07, 6.45) is 0. The fourth-order valence-electron chi connectivity index (χ4n) is 1.24. The molecule has 0 radical (unpaired) electrons. The van der Waals surface area contributed by atoms with E-state index in [4.69, 9.17) is 5.11 Å². The average Bonchev–Trinajstić information content (AvgIpc) is 2.45. The van der Waals surface area contributed by atoms with E-state index >= 15 is 0 Å². The molecule has 0 unspecified atom stereocenters. The number of halogens is 1.